The first-order valence-corrected chi connectivity index (χ1v) is 8.76. The van der Waals surface area contributed by atoms with Gasteiger partial charge in [-0.2, -0.15) is 11.8 Å². The van der Waals surface area contributed by atoms with Crippen molar-refractivity contribution in [1.82, 2.24) is 10.6 Å². The first-order valence-electron chi connectivity index (χ1n) is 7.47. The summed E-state index contributed by atoms with van der Waals surface area (Å²) in [6.45, 7) is -0.0566. The molecule has 0 bridgehead atoms. The van der Waals surface area contributed by atoms with Crippen LogP contribution in [0.1, 0.15) is 24.8 Å². The molecule has 2 rings (SSSR count). The number of benzene rings is 1. The minimum atomic E-state index is -0.249. The Morgan fingerprint density at radius 2 is 2.14 bits per heavy atom. The van der Waals surface area contributed by atoms with Crippen LogP contribution in [0.2, 0.25) is 0 Å². The Morgan fingerprint density at radius 1 is 1.38 bits per heavy atom. The maximum atomic E-state index is 12.1. The van der Waals surface area contributed by atoms with Crippen LogP contribution in [0.25, 0.3) is 0 Å². The number of carbonyl (C=O) groups excluding carboxylic acids is 1. The Morgan fingerprint density at radius 3 is 2.81 bits per heavy atom. The topological polar surface area (TPSA) is 61.4 Å². The fourth-order valence-electron chi connectivity index (χ4n) is 2.83. The zero-order chi connectivity index (χ0) is 15.1. The molecule has 1 fully saturated rings. The van der Waals surface area contributed by atoms with Crippen molar-refractivity contribution in [2.24, 2.45) is 0 Å². The summed E-state index contributed by atoms with van der Waals surface area (Å²) in [5, 5.41) is 15.9. The molecular weight excluding hydrogens is 284 g/mol. The number of hydrogen-bond acceptors (Lipinski definition) is 3. The first-order chi connectivity index (χ1) is 10.2. The van der Waals surface area contributed by atoms with Crippen LogP contribution < -0.4 is 10.6 Å². The monoisotopic (exact) mass is 308 g/mol. The lowest BCUT2D eigenvalue weighted by molar-refractivity contribution is 0.213. The molecule has 0 aromatic heterocycles. The van der Waals surface area contributed by atoms with Gasteiger partial charge in [-0.25, -0.2) is 4.79 Å². The van der Waals surface area contributed by atoms with Crippen molar-refractivity contribution in [3.63, 3.8) is 0 Å². The standard InChI is InChI=1S/C16H24N2O2S/c1-21-15-9-5-8-14(15)18-16(20)17-13(11-19)10-12-6-3-2-4-7-12/h2-4,6-7,13-15,19H,5,8-11H2,1H3,(H2,17,18,20)/t13-,14-,15-/m1/s1. The molecule has 1 aliphatic carbocycles. The zero-order valence-electron chi connectivity index (χ0n) is 12.4. The van der Waals surface area contributed by atoms with Gasteiger partial charge in [0.1, 0.15) is 0 Å². The fraction of sp³-hybridized carbons (Fsp3) is 0.562. The molecule has 0 aliphatic heterocycles. The molecule has 0 radical (unpaired) electrons. The van der Waals surface area contributed by atoms with Gasteiger partial charge >= 0.3 is 6.03 Å². The number of carbonyl (C=O) groups is 1. The van der Waals surface area contributed by atoms with Gasteiger partial charge < -0.3 is 15.7 Å². The smallest absolute Gasteiger partial charge is 0.315 e. The number of hydrogen-bond donors (Lipinski definition) is 3. The second kappa shape index (κ2) is 8.29. The molecule has 2 amide bonds. The second-order valence-electron chi connectivity index (χ2n) is 5.50. The SMILES string of the molecule is CS[C@@H]1CCC[C@H]1NC(=O)N[C@@H](CO)Cc1ccccc1. The Bertz CT molecular complexity index is 441. The van der Waals surface area contributed by atoms with E-state index in [9.17, 15) is 9.90 Å². The van der Waals surface area contributed by atoms with Crippen LogP contribution in [-0.4, -0.2) is 41.3 Å². The number of nitrogens with one attached hydrogen (secondary N) is 2. The Balaban J connectivity index is 1.82. The number of aliphatic hydroxyl groups excluding tert-OH is 1. The van der Waals surface area contributed by atoms with E-state index >= 15 is 0 Å². The van der Waals surface area contributed by atoms with Crippen LogP contribution in [0.3, 0.4) is 0 Å². The van der Waals surface area contributed by atoms with Crippen molar-refractivity contribution in [2.45, 2.75) is 43.0 Å². The third kappa shape index (κ3) is 4.93. The Hall–Kier alpha value is -1.20. The summed E-state index contributed by atoms with van der Waals surface area (Å²) in [7, 11) is 0. The number of aliphatic hydroxyl groups is 1. The summed E-state index contributed by atoms with van der Waals surface area (Å²) in [6, 6.07) is 9.72. The average Bonchev–Trinajstić information content (AvgIpc) is 2.94. The molecule has 4 nitrogen and oxygen atoms in total. The van der Waals surface area contributed by atoms with Crippen molar-refractivity contribution in [2.75, 3.05) is 12.9 Å². The van der Waals surface area contributed by atoms with Crippen LogP contribution in [0.4, 0.5) is 4.79 Å². The van der Waals surface area contributed by atoms with Crippen molar-refractivity contribution in [3.8, 4) is 0 Å². The Kier molecular flexibility index (Phi) is 6.39. The van der Waals surface area contributed by atoms with Gasteiger partial charge in [0.2, 0.25) is 0 Å². The highest BCUT2D eigenvalue weighted by Crippen LogP contribution is 2.28. The van der Waals surface area contributed by atoms with Crippen LogP contribution in [0, 0.1) is 0 Å². The van der Waals surface area contributed by atoms with Crippen molar-refractivity contribution in [3.05, 3.63) is 35.9 Å². The summed E-state index contributed by atoms with van der Waals surface area (Å²) in [4.78, 5) is 12.1. The normalized spacial score (nSPS) is 22.8. The Labute approximate surface area is 130 Å². The molecule has 3 atom stereocenters. The van der Waals surface area contributed by atoms with Crippen molar-refractivity contribution < 1.29 is 9.90 Å². The lowest BCUT2D eigenvalue weighted by Gasteiger charge is -2.22. The van der Waals surface area contributed by atoms with E-state index in [1.165, 1.54) is 12.8 Å². The van der Waals surface area contributed by atoms with E-state index in [2.05, 4.69) is 16.9 Å². The second-order valence-corrected chi connectivity index (χ2v) is 6.58. The van der Waals surface area contributed by atoms with E-state index in [0.717, 1.165) is 12.0 Å². The molecule has 0 heterocycles. The summed E-state index contributed by atoms with van der Waals surface area (Å²) in [6.07, 6.45) is 6.11. The molecule has 0 saturated heterocycles. The average molecular weight is 308 g/mol. The van der Waals surface area contributed by atoms with Gasteiger partial charge in [0, 0.05) is 11.3 Å². The van der Waals surface area contributed by atoms with E-state index in [1.54, 1.807) is 0 Å². The fourth-order valence-corrected chi connectivity index (χ4v) is 3.76. The van der Waals surface area contributed by atoms with E-state index in [-0.39, 0.29) is 24.7 Å². The van der Waals surface area contributed by atoms with Crippen LogP contribution in [0.5, 0.6) is 0 Å². The largest absolute Gasteiger partial charge is 0.394 e. The summed E-state index contributed by atoms with van der Waals surface area (Å²) in [5.41, 5.74) is 1.11. The van der Waals surface area contributed by atoms with E-state index < -0.39 is 0 Å². The predicted molar refractivity (Wildman–Crippen MR) is 87.6 cm³/mol. The highest BCUT2D eigenvalue weighted by molar-refractivity contribution is 7.99. The lowest BCUT2D eigenvalue weighted by Crippen LogP contribution is -2.49. The number of thioether (sulfide) groups is 1. The summed E-state index contributed by atoms with van der Waals surface area (Å²) >= 11 is 1.82. The number of amides is 2. The molecule has 5 heteroatoms. The highest BCUT2D eigenvalue weighted by Gasteiger charge is 2.28. The van der Waals surface area contributed by atoms with Crippen molar-refractivity contribution in [1.29, 1.82) is 0 Å². The van der Waals surface area contributed by atoms with Crippen LogP contribution >= 0.6 is 11.8 Å². The van der Waals surface area contributed by atoms with Gasteiger partial charge in [-0.05, 0) is 31.1 Å². The van der Waals surface area contributed by atoms with E-state index in [1.807, 2.05) is 42.1 Å². The van der Waals surface area contributed by atoms with Crippen molar-refractivity contribution >= 4 is 17.8 Å². The van der Waals surface area contributed by atoms with Gasteiger partial charge in [-0.1, -0.05) is 36.8 Å². The minimum absolute atomic E-state index is 0.0566. The summed E-state index contributed by atoms with van der Waals surface area (Å²) in [5.74, 6) is 0. The molecular formula is C16H24N2O2S. The third-order valence-corrected chi connectivity index (χ3v) is 5.12. The third-order valence-electron chi connectivity index (χ3n) is 3.95. The van der Waals surface area contributed by atoms with Crippen LogP contribution in [0.15, 0.2) is 30.3 Å². The van der Waals surface area contributed by atoms with E-state index in [0.29, 0.717) is 11.7 Å². The van der Waals surface area contributed by atoms with Gasteiger partial charge in [0.05, 0.1) is 12.6 Å². The van der Waals surface area contributed by atoms with Gasteiger partial charge in [0.25, 0.3) is 0 Å². The highest BCUT2D eigenvalue weighted by atomic mass is 32.2. The molecule has 1 aromatic carbocycles. The molecule has 21 heavy (non-hydrogen) atoms. The van der Waals surface area contributed by atoms with E-state index in [4.69, 9.17) is 0 Å². The van der Waals surface area contributed by atoms with Gasteiger partial charge in [-0.15, -0.1) is 0 Å². The van der Waals surface area contributed by atoms with Gasteiger partial charge in [-0.3, -0.25) is 0 Å². The maximum absolute atomic E-state index is 12.1. The maximum Gasteiger partial charge on any atom is 0.315 e. The first kappa shape index (κ1) is 16.2. The predicted octanol–water partition coefficient (Wildman–Crippen LogP) is 2.17. The van der Waals surface area contributed by atoms with Gasteiger partial charge in [0.15, 0.2) is 0 Å². The molecule has 0 spiro atoms. The zero-order valence-corrected chi connectivity index (χ0v) is 13.2. The minimum Gasteiger partial charge on any atom is -0.394 e. The van der Waals surface area contributed by atoms with Crippen LogP contribution in [-0.2, 0) is 6.42 Å². The molecule has 3 N–H and O–H groups in total. The molecule has 1 aromatic rings. The summed E-state index contributed by atoms with van der Waals surface area (Å²) < 4.78 is 0. The quantitative estimate of drug-likeness (QED) is 0.755. The number of rotatable bonds is 6. The molecule has 116 valence electrons. The molecule has 1 aliphatic rings. The lowest BCUT2D eigenvalue weighted by atomic mass is 10.1. The number of urea groups is 1. The molecule has 0 unspecified atom stereocenters. The molecule has 1 saturated carbocycles.